The van der Waals surface area contributed by atoms with E-state index < -0.39 is 29.8 Å². The fourth-order valence-corrected chi connectivity index (χ4v) is 2.87. The number of nitrogens with zero attached hydrogens (tertiary/aromatic N) is 1. The van der Waals surface area contributed by atoms with Crippen molar-refractivity contribution in [2.75, 3.05) is 6.61 Å². The number of Topliss-reactive ketones (excluding diaryl/α,β-unsaturated/α-hetero) is 2. The predicted molar refractivity (Wildman–Crippen MR) is 119 cm³/mol. The lowest BCUT2D eigenvalue weighted by Crippen LogP contribution is -2.24. The molecule has 0 N–H and O–H groups in total. The predicted octanol–water partition coefficient (Wildman–Crippen LogP) is 3.53. The van der Waals surface area contributed by atoms with Gasteiger partial charge >= 0.3 is 11.9 Å². The Labute approximate surface area is 195 Å². The highest BCUT2D eigenvalue weighted by Crippen LogP contribution is 2.24. The summed E-state index contributed by atoms with van der Waals surface area (Å²) >= 11 is 0. The van der Waals surface area contributed by atoms with Crippen LogP contribution in [-0.2, 0) is 35.1 Å². The molecule has 9 nitrogen and oxygen atoms in total. The van der Waals surface area contributed by atoms with Gasteiger partial charge in [0.2, 0.25) is 17.5 Å². The van der Waals surface area contributed by atoms with Crippen molar-refractivity contribution in [1.29, 1.82) is 0 Å². The molecule has 0 unspecified atom stereocenters. The lowest BCUT2D eigenvalue weighted by molar-refractivity contribution is -0.191. The average Bonchev–Trinajstić information content (AvgIpc) is 3.19. The molecule has 34 heavy (non-hydrogen) atoms. The first kappa shape index (κ1) is 24.4. The molecule has 3 aromatic rings. The largest absolute Gasteiger partial charge is 0.493 e. The van der Waals surface area contributed by atoms with Crippen LogP contribution in [0.2, 0.25) is 0 Å². The normalized spacial score (nSPS) is 10.6. The summed E-state index contributed by atoms with van der Waals surface area (Å²) in [7, 11) is 0. The first-order chi connectivity index (χ1) is 16.2. The van der Waals surface area contributed by atoms with Crippen LogP contribution in [-0.4, -0.2) is 35.1 Å². The van der Waals surface area contributed by atoms with Gasteiger partial charge in [-0.15, -0.1) is 0 Å². The smallest absolute Gasteiger partial charge is 0.377 e. The van der Waals surface area contributed by atoms with Crippen molar-refractivity contribution >= 4 is 23.5 Å². The molecule has 1 heterocycles. The van der Waals surface area contributed by atoms with Crippen molar-refractivity contribution in [2.45, 2.75) is 33.5 Å². The zero-order chi connectivity index (χ0) is 24.7. The summed E-state index contributed by atoms with van der Waals surface area (Å²) in [5.74, 6) is -2.38. The molecule has 0 atom stereocenters. The Morgan fingerprint density at radius 3 is 2.03 bits per heavy atom. The Kier molecular flexibility index (Phi) is 7.92. The maximum absolute atomic E-state index is 11.7. The number of ether oxygens (including phenoxy) is 3. The number of rotatable bonds is 10. The molecular formula is C25H23NO8. The lowest BCUT2D eigenvalue weighted by Gasteiger charge is -2.17. The van der Waals surface area contributed by atoms with Gasteiger partial charge < -0.3 is 18.6 Å². The summed E-state index contributed by atoms with van der Waals surface area (Å²) in [5, 5.41) is 0. The van der Waals surface area contributed by atoms with Crippen LogP contribution in [0.4, 0.5) is 0 Å². The van der Waals surface area contributed by atoms with Gasteiger partial charge in [-0.25, -0.2) is 14.6 Å². The molecule has 9 heteroatoms. The minimum atomic E-state index is -1.55. The first-order valence-electron chi connectivity index (χ1n) is 10.4. The number of aromatic nitrogens is 1. The molecule has 0 amide bonds. The van der Waals surface area contributed by atoms with E-state index in [2.05, 4.69) is 4.98 Å². The number of hydrogen-bond donors (Lipinski definition) is 0. The fourth-order valence-electron chi connectivity index (χ4n) is 2.87. The summed E-state index contributed by atoms with van der Waals surface area (Å²) in [6, 6.07) is 15.7. The van der Waals surface area contributed by atoms with Crippen LogP contribution in [0, 0.1) is 6.92 Å². The van der Waals surface area contributed by atoms with Crippen LogP contribution in [0.5, 0.6) is 5.75 Å². The van der Waals surface area contributed by atoms with Crippen LogP contribution < -0.4 is 4.74 Å². The Bertz CT molecular complexity index is 1150. The molecule has 0 radical (unpaired) electrons. The van der Waals surface area contributed by atoms with Gasteiger partial charge in [0.25, 0.3) is 6.29 Å². The van der Waals surface area contributed by atoms with E-state index in [4.69, 9.17) is 18.6 Å². The minimum absolute atomic E-state index is 0.247. The van der Waals surface area contributed by atoms with E-state index in [0.29, 0.717) is 30.4 Å². The van der Waals surface area contributed by atoms with Gasteiger partial charge in [0, 0.05) is 31.4 Å². The first-order valence-corrected chi connectivity index (χ1v) is 10.4. The maximum Gasteiger partial charge on any atom is 0.377 e. The average molecular weight is 465 g/mol. The summed E-state index contributed by atoms with van der Waals surface area (Å²) in [6.07, 6.45) is -1.03. The van der Waals surface area contributed by atoms with E-state index in [0.717, 1.165) is 25.1 Å². The molecule has 0 aliphatic rings. The van der Waals surface area contributed by atoms with Crippen molar-refractivity contribution in [3.8, 4) is 17.2 Å². The van der Waals surface area contributed by atoms with Crippen LogP contribution >= 0.6 is 0 Å². The molecule has 0 saturated carbocycles. The molecule has 0 aliphatic heterocycles. The number of hydrogen-bond acceptors (Lipinski definition) is 9. The summed E-state index contributed by atoms with van der Waals surface area (Å²) < 4.78 is 21.3. The van der Waals surface area contributed by atoms with E-state index in [-0.39, 0.29) is 5.56 Å². The monoisotopic (exact) mass is 465 g/mol. The van der Waals surface area contributed by atoms with E-state index in [9.17, 15) is 19.2 Å². The second-order valence-electron chi connectivity index (χ2n) is 7.31. The quantitative estimate of drug-likeness (QED) is 0.251. The summed E-state index contributed by atoms with van der Waals surface area (Å²) in [6.45, 7) is 4.20. The van der Waals surface area contributed by atoms with Gasteiger partial charge in [0.15, 0.2) is 0 Å². The van der Waals surface area contributed by atoms with Gasteiger partial charge in [-0.1, -0.05) is 18.2 Å². The second kappa shape index (κ2) is 11.0. The molecule has 0 spiro atoms. The zero-order valence-electron chi connectivity index (χ0n) is 18.9. The highest BCUT2D eigenvalue weighted by molar-refractivity contribution is 6.33. The van der Waals surface area contributed by atoms with Gasteiger partial charge in [-0.2, -0.15) is 0 Å². The second-order valence-corrected chi connectivity index (χ2v) is 7.31. The number of ketones is 2. The zero-order valence-corrected chi connectivity index (χ0v) is 18.9. The molecule has 0 saturated heterocycles. The summed E-state index contributed by atoms with van der Waals surface area (Å²) in [4.78, 5) is 50.3. The lowest BCUT2D eigenvalue weighted by atomic mass is 10.2. The molecule has 1 aromatic heterocycles. The SMILES string of the molecule is CC(=O)C(=O)OC(OC(=O)C(C)=O)c1ccc(OCCc2nc(-c3ccccc3)oc2C)cc1. The molecule has 2 aromatic carbocycles. The van der Waals surface area contributed by atoms with Gasteiger partial charge in [0.05, 0.1) is 12.3 Å². The number of carbonyl (C=O) groups is 4. The van der Waals surface area contributed by atoms with Crippen molar-refractivity contribution in [1.82, 2.24) is 4.98 Å². The Morgan fingerprint density at radius 1 is 0.882 bits per heavy atom. The van der Waals surface area contributed by atoms with Crippen LogP contribution in [0.1, 0.15) is 37.2 Å². The Hall–Kier alpha value is -4.27. The molecule has 0 aliphatic carbocycles. The van der Waals surface area contributed by atoms with E-state index in [1.165, 1.54) is 12.1 Å². The molecular weight excluding hydrogens is 442 g/mol. The third kappa shape index (κ3) is 6.38. The van der Waals surface area contributed by atoms with Gasteiger partial charge in [-0.3, -0.25) is 9.59 Å². The molecule has 3 rings (SSSR count). The molecule has 0 fully saturated rings. The number of aryl methyl sites for hydroxylation is 1. The van der Waals surface area contributed by atoms with Gasteiger partial charge in [0.1, 0.15) is 11.5 Å². The van der Waals surface area contributed by atoms with Crippen molar-refractivity contribution in [2.24, 2.45) is 0 Å². The highest BCUT2D eigenvalue weighted by atomic mass is 16.7. The molecule has 0 bridgehead atoms. The standard InChI is InChI=1S/C25H23NO8/c1-15(27)23(29)33-25(34-24(30)16(2)28)19-9-11-20(12-10-19)31-14-13-21-17(3)32-22(26-21)18-7-5-4-6-8-18/h4-12,25H,13-14H2,1-3H3. The summed E-state index contributed by atoms with van der Waals surface area (Å²) in [5.41, 5.74) is 1.91. The Morgan fingerprint density at radius 2 is 1.47 bits per heavy atom. The van der Waals surface area contributed by atoms with E-state index in [1.54, 1.807) is 12.1 Å². The highest BCUT2D eigenvalue weighted by Gasteiger charge is 2.25. The topological polar surface area (TPSA) is 122 Å². The third-order valence-corrected chi connectivity index (χ3v) is 4.68. The Balaban J connectivity index is 1.62. The van der Waals surface area contributed by atoms with Crippen molar-refractivity contribution in [3.63, 3.8) is 0 Å². The number of benzene rings is 2. The van der Waals surface area contributed by atoms with Crippen molar-refractivity contribution in [3.05, 3.63) is 71.6 Å². The van der Waals surface area contributed by atoms with Crippen LogP contribution in [0.15, 0.2) is 59.0 Å². The minimum Gasteiger partial charge on any atom is -0.493 e. The number of oxazole rings is 1. The maximum atomic E-state index is 11.7. The fraction of sp³-hybridized carbons (Fsp3) is 0.240. The molecule has 176 valence electrons. The van der Waals surface area contributed by atoms with Crippen molar-refractivity contribution < 1.29 is 37.8 Å². The van der Waals surface area contributed by atoms with Crippen LogP contribution in [0.3, 0.4) is 0 Å². The van der Waals surface area contributed by atoms with E-state index in [1.807, 2.05) is 37.3 Å². The van der Waals surface area contributed by atoms with E-state index >= 15 is 0 Å². The van der Waals surface area contributed by atoms with Crippen LogP contribution in [0.25, 0.3) is 11.5 Å². The number of carbonyl (C=O) groups excluding carboxylic acids is 4. The van der Waals surface area contributed by atoms with Gasteiger partial charge in [-0.05, 0) is 43.3 Å². The number of esters is 2. The third-order valence-electron chi connectivity index (χ3n) is 4.68.